The van der Waals surface area contributed by atoms with E-state index in [1.807, 2.05) is 19.2 Å². The number of thiazole rings is 1. The van der Waals surface area contributed by atoms with Crippen molar-refractivity contribution < 1.29 is 5.11 Å². The lowest BCUT2D eigenvalue weighted by atomic mass is 10.2. The number of nitrogens with zero attached hydrogens (tertiary/aromatic N) is 2. The van der Waals surface area contributed by atoms with Crippen LogP contribution in [0.5, 0.6) is 0 Å². The second-order valence-electron chi connectivity index (χ2n) is 3.14. The molecule has 2 unspecified atom stereocenters. The van der Waals surface area contributed by atoms with E-state index in [1.54, 1.807) is 11.8 Å². The molecule has 0 saturated heterocycles. The molecule has 16 heavy (non-hydrogen) atoms. The minimum atomic E-state index is 0.0637. The van der Waals surface area contributed by atoms with Gasteiger partial charge in [0.05, 0.1) is 6.61 Å². The van der Waals surface area contributed by atoms with E-state index in [4.69, 9.17) is 22.0 Å². The Morgan fingerprint density at radius 1 is 1.75 bits per heavy atom. The van der Waals surface area contributed by atoms with Crippen molar-refractivity contribution in [2.24, 2.45) is 0 Å². The molecule has 2 N–H and O–H groups in total. The first-order chi connectivity index (χ1) is 7.62. The molecule has 0 aliphatic heterocycles. The summed E-state index contributed by atoms with van der Waals surface area (Å²) in [4.78, 5) is 4.44. The van der Waals surface area contributed by atoms with Crippen molar-refractivity contribution in [2.75, 3.05) is 18.2 Å². The van der Waals surface area contributed by atoms with Gasteiger partial charge < -0.3 is 10.4 Å². The van der Waals surface area contributed by atoms with Gasteiger partial charge in [0.15, 0.2) is 10.3 Å². The maximum Gasteiger partial charge on any atom is 0.185 e. The summed E-state index contributed by atoms with van der Waals surface area (Å²) in [5.41, 5.74) is 0. The lowest BCUT2D eigenvalue weighted by Crippen LogP contribution is -2.30. The first kappa shape index (κ1) is 13.6. The number of nitriles is 1. The summed E-state index contributed by atoms with van der Waals surface area (Å²) in [7, 11) is 0. The van der Waals surface area contributed by atoms with Gasteiger partial charge in [-0.25, -0.2) is 4.98 Å². The van der Waals surface area contributed by atoms with E-state index in [9.17, 15) is 0 Å². The average Bonchev–Trinajstić information content (AvgIpc) is 2.60. The van der Waals surface area contributed by atoms with Crippen LogP contribution in [0.4, 0.5) is 5.13 Å². The summed E-state index contributed by atoms with van der Waals surface area (Å²) >= 11 is 8.56. The fourth-order valence-electron chi connectivity index (χ4n) is 1.16. The first-order valence-corrected chi connectivity index (χ1v) is 7.07. The second-order valence-corrected chi connectivity index (χ2v) is 5.57. The lowest BCUT2D eigenvalue weighted by molar-refractivity contribution is 0.288. The molecular formula is C9H12ClN3OS2. The highest BCUT2D eigenvalue weighted by atomic mass is 35.5. The van der Waals surface area contributed by atoms with Crippen molar-refractivity contribution in [1.82, 2.24) is 4.98 Å². The average molecular weight is 278 g/mol. The molecule has 0 aromatic carbocycles. The summed E-state index contributed by atoms with van der Waals surface area (Å²) in [5, 5.41) is 21.9. The molecule has 2 atom stereocenters. The first-order valence-electron chi connectivity index (χ1n) is 4.59. The van der Waals surface area contributed by atoms with Crippen molar-refractivity contribution in [3.05, 3.63) is 10.0 Å². The number of nitrogens with one attached hydrogen (secondary N) is 1. The van der Waals surface area contributed by atoms with Gasteiger partial charge in [0, 0.05) is 11.3 Å². The molecule has 0 bridgehead atoms. The zero-order valence-electron chi connectivity index (χ0n) is 8.90. The minimum Gasteiger partial charge on any atom is -0.395 e. The maximum atomic E-state index is 9.12. The van der Waals surface area contributed by atoms with Gasteiger partial charge in [-0.2, -0.15) is 17.0 Å². The Bertz CT molecular complexity index is 387. The van der Waals surface area contributed by atoms with Crippen LogP contribution in [0.15, 0.2) is 0 Å². The van der Waals surface area contributed by atoms with Gasteiger partial charge in [0.1, 0.15) is 10.9 Å². The van der Waals surface area contributed by atoms with E-state index in [1.165, 1.54) is 11.3 Å². The van der Waals surface area contributed by atoms with Crippen molar-refractivity contribution in [2.45, 2.75) is 18.2 Å². The number of anilines is 1. The second kappa shape index (κ2) is 6.30. The summed E-state index contributed by atoms with van der Waals surface area (Å²) in [6, 6.07) is 2.04. The van der Waals surface area contributed by atoms with Crippen LogP contribution in [0.1, 0.15) is 11.8 Å². The van der Waals surface area contributed by atoms with Crippen LogP contribution in [-0.4, -0.2) is 34.2 Å². The normalized spacial score (nSPS) is 14.2. The van der Waals surface area contributed by atoms with E-state index in [0.717, 1.165) is 0 Å². The Balaban J connectivity index is 2.69. The summed E-state index contributed by atoms with van der Waals surface area (Å²) < 4.78 is 0. The summed E-state index contributed by atoms with van der Waals surface area (Å²) in [6.07, 6.45) is 1.94. The molecule has 0 spiro atoms. The Morgan fingerprint density at radius 2 is 2.44 bits per heavy atom. The molecule has 0 fully saturated rings. The van der Waals surface area contributed by atoms with Crippen LogP contribution in [0.2, 0.25) is 5.15 Å². The lowest BCUT2D eigenvalue weighted by Gasteiger charge is -2.20. The molecule has 0 amide bonds. The minimum absolute atomic E-state index is 0.0637. The van der Waals surface area contributed by atoms with Gasteiger partial charge in [0.2, 0.25) is 0 Å². The van der Waals surface area contributed by atoms with Gasteiger partial charge >= 0.3 is 0 Å². The highest BCUT2D eigenvalue weighted by Gasteiger charge is 2.17. The third kappa shape index (κ3) is 3.25. The maximum absolute atomic E-state index is 9.12. The predicted octanol–water partition coefficient (Wildman–Crippen LogP) is 2.19. The van der Waals surface area contributed by atoms with Crippen LogP contribution in [0.25, 0.3) is 0 Å². The molecule has 0 aliphatic carbocycles. The molecule has 1 aromatic rings. The highest BCUT2D eigenvalue weighted by molar-refractivity contribution is 7.99. The van der Waals surface area contributed by atoms with Gasteiger partial charge in [-0.3, -0.25) is 0 Å². The Morgan fingerprint density at radius 3 is 2.88 bits per heavy atom. The number of hydrogen-bond donors (Lipinski definition) is 2. The molecule has 88 valence electrons. The smallest absolute Gasteiger partial charge is 0.185 e. The molecule has 0 saturated carbocycles. The van der Waals surface area contributed by atoms with Crippen LogP contribution < -0.4 is 5.32 Å². The summed E-state index contributed by atoms with van der Waals surface area (Å²) in [6.45, 7) is 2.05. The molecule has 1 heterocycles. The van der Waals surface area contributed by atoms with Gasteiger partial charge in [-0.1, -0.05) is 22.9 Å². The third-order valence-electron chi connectivity index (χ3n) is 2.08. The highest BCUT2D eigenvalue weighted by Crippen LogP contribution is 2.27. The van der Waals surface area contributed by atoms with Gasteiger partial charge in [0.25, 0.3) is 0 Å². The van der Waals surface area contributed by atoms with Crippen molar-refractivity contribution in [1.29, 1.82) is 5.26 Å². The quantitative estimate of drug-likeness (QED) is 0.863. The number of halogens is 1. The molecule has 0 radical (unpaired) electrons. The standard InChI is InChI=1S/C9H12ClN3OS2/c1-5(7(4-14)15-2)12-9-13-8(10)6(3-11)16-9/h5,7,14H,4H2,1-2H3,(H,12,13). The van der Waals surface area contributed by atoms with E-state index >= 15 is 0 Å². The number of aromatic nitrogens is 1. The fraction of sp³-hybridized carbons (Fsp3) is 0.556. The number of aliphatic hydroxyl groups is 1. The molecule has 0 aliphatic rings. The zero-order chi connectivity index (χ0) is 12.1. The van der Waals surface area contributed by atoms with Crippen molar-refractivity contribution >= 4 is 39.8 Å². The molecule has 4 nitrogen and oxygen atoms in total. The number of rotatable bonds is 5. The third-order valence-corrected chi connectivity index (χ3v) is 4.52. The topological polar surface area (TPSA) is 68.9 Å². The van der Waals surface area contributed by atoms with Crippen molar-refractivity contribution in [3.8, 4) is 6.07 Å². The van der Waals surface area contributed by atoms with Gasteiger partial charge in [-0.15, -0.1) is 0 Å². The van der Waals surface area contributed by atoms with E-state index in [-0.39, 0.29) is 23.1 Å². The van der Waals surface area contributed by atoms with Crippen molar-refractivity contribution in [3.63, 3.8) is 0 Å². The van der Waals surface area contributed by atoms with E-state index in [0.29, 0.717) is 10.0 Å². The monoisotopic (exact) mass is 277 g/mol. The Kier molecular flexibility index (Phi) is 5.35. The predicted molar refractivity (Wildman–Crippen MR) is 69.3 cm³/mol. The molecule has 7 heteroatoms. The SMILES string of the molecule is CSC(CO)C(C)Nc1nc(Cl)c(C#N)s1. The van der Waals surface area contributed by atoms with Crippen LogP contribution in [-0.2, 0) is 0 Å². The van der Waals surface area contributed by atoms with E-state index < -0.39 is 0 Å². The largest absolute Gasteiger partial charge is 0.395 e. The number of thioether (sulfide) groups is 1. The summed E-state index contributed by atoms with van der Waals surface area (Å²) in [5.74, 6) is 0. The molecular weight excluding hydrogens is 266 g/mol. The molecule has 1 rings (SSSR count). The van der Waals surface area contributed by atoms with E-state index in [2.05, 4.69) is 10.3 Å². The fourth-order valence-corrected chi connectivity index (χ4v) is 2.83. The van der Waals surface area contributed by atoms with Crippen LogP contribution in [0.3, 0.4) is 0 Å². The van der Waals surface area contributed by atoms with Crippen LogP contribution in [0, 0.1) is 11.3 Å². The Labute approximate surface area is 108 Å². The molecule has 1 aromatic heterocycles. The Hall–Kier alpha value is -0.480. The zero-order valence-corrected chi connectivity index (χ0v) is 11.3. The number of aliphatic hydroxyl groups excluding tert-OH is 1. The number of hydrogen-bond acceptors (Lipinski definition) is 6. The van der Waals surface area contributed by atoms with Crippen LogP contribution >= 0.6 is 34.7 Å². The van der Waals surface area contributed by atoms with Gasteiger partial charge in [-0.05, 0) is 13.2 Å².